The molecule has 0 aliphatic carbocycles. The Morgan fingerprint density at radius 3 is 1.14 bits per heavy atom. The van der Waals surface area contributed by atoms with Crippen molar-refractivity contribution in [2.75, 3.05) is 59.9 Å². The van der Waals surface area contributed by atoms with Gasteiger partial charge < -0.3 is 44.4 Å². The number of carbonyl (C=O) groups excluding carboxylic acids is 2. The number of carboxylic acids is 2. The van der Waals surface area contributed by atoms with E-state index in [1.807, 2.05) is 17.9 Å². The van der Waals surface area contributed by atoms with Crippen molar-refractivity contribution >= 4 is 88.2 Å². The fourth-order valence-electron chi connectivity index (χ4n) is 9.50. The van der Waals surface area contributed by atoms with E-state index in [0.717, 1.165) is 8.61 Å². The molecule has 0 spiro atoms. The summed E-state index contributed by atoms with van der Waals surface area (Å²) in [6.07, 6.45) is -0.205. The van der Waals surface area contributed by atoms with Crippen LogP contribution in [-0.4, -0.2) is 110 Å². The van der Waals surface area contributed by atoms with Crippen molar-refractivity contribution in [3.05, 3.63) is 193 Å². The molecule has 0 bridgehead atoms. The van der Waals surface area contributed by atoms with Gasteiger partial charge in [0, 0.05) is 69.2 Å². The van der Waals surface area contributed by atoms with Gasteiger partial charge in [-0.25, -0.2) is 25.6 Å². The van der Waals surface area contributed by atoms with Crippen LogP contribution >= 0.6 is 0 Å². The SMILES string of the molecule is COC(=O)C[C@H](C)N(Cc1ccccc1F)c1ccc(N(CC(=O)OC)S(=O)(=O)c2ccc(OC)cc2)c2ccccc12.COc1ccc(S(=O)(=O)N(CC(=O)O)c2ccc(N(Cc3ccccc3F)[C@@H](C)CC(=O)O)c3ccccc23)cc1.[Li+].[OH-]. The summed E-state index contributed by atoms with van der Waals surface area (Å²) in [7, 11) is -3.16. The Morgan fingerprint density at radius 1 is 0.453 bits per heavy atom. The predicted octanol–water partition coefficient (Wildman–Crippen LogP) is 7.28. The number of carboxylic acid groups (broad SMARTS) is 2. The molecule has 8 aromatic carbocycles. The molecular formula is C62H63F2LiN4O15S2. The van der Waals surface area contributed by atoms with Crippen LogP contribution in [0.15, 0.2) is 180 Å². The molecule has 0 amide bonds. The van der Waals surface area contributed by atoms with Gasteiger partial charge in [0.15, 0.2) is 0 Å². The number of rotatable bonds is 24. The predicted molar refractivity (Wildman–Crippen MR) is 318 cm³/mol. The van der Waals surface area contributed by atoms with Crippen LogP contribution in [0.4, 0.5) is 31.5 Å². The Balaban J connectivity index is 0.000000307. The third kappa shape index (κ3) is 16.0. The quantitative estimate of drug-likeness (QED) is 0.0445. The number of anilines is 4. The summed E-state index contributed by atoms with van der Waals surface area (Å²) in [6, 6.07) is 43.4. The maximum Gasteiger partial charge on any atom is 1.00 e. The number of methoxy groups -OCH3 is 4. The van der Waals surface area contributed by atoms with E-state index in [2.05, 4.69) is 0 Å². The van der Waals surface area contributed by atoms with Crippen LogP contribution in [0.5, 0.6) is 11.5 Å². The number of hydrogen-bond donors (Lipinski definition) is 2. The van der Waals surface area contributed by atoms with Crippen molar-refractivity contribution in [2.45, 2.75) is 61.7 Å². The molecule has 0 aromatic heterocycles. The zero-order valence-corrected chi connectivity index (χ0v) is 49.8. The average molecular weight is 1210 g/mol. The van der Waals surface area contributed by atoms with Crippen molar-refractivity contribution in [2.24, 2.45) is 0 Å². The Labute approximate surface area is 509 Å². The van der Waals surface area contributed by atoms with E-state index in [9.17, 15) is 55.0 Å². The van der Waals surface area contributed by atoms with Crippen LogP contribution < -0.4 is 46.7 Å². The van der Waals surface area contributed by atoms with Crippen LogP contribution in [-0.2, 0) is 61.8 Å². The molecule has 448 valence electrons. The maximum absolute atomic E-state index is 14.8. The minimum Gasteiger partial charge on any atom is -0.870 e. The fraction of sp³-hybridized carbons (Fsp3) is 0.226. The molecule has 86 heavy (non-hydrogen) atoms. The molecule has 19 nitrogen and oxygen atoms in total. The number of sulfonamides is 2. The number of benzene rings is 8. The van der Waals surface area contributed by atoms with Crippen molar-refractivity contribution < 1.29 is 98.3 Å². The monoisotopic (exact) mass is 1210 g/mol. The molecule has 24 heteroatoms. The first-order valence-corrected chi connectivity index (χ1v) is 29.0. The second kappa shape index (κ2) is 30.4. The molecule has 0 saturated heterocycles. The van der Waals surface area contributed by atoms with Gasteiger partial charge in [0.25, 0.3) is 20.0 Å². The summed E-state index contributed by atoms with van der Waals surface area (Å²) in [6.45, 7) is 2.30. The second-order valence-corrected chi connectivity index (χ2v) is 22.9. The Hall–Kier alpha value is -8.72. The molecule has 0 saturated carbocycles. The van der Waals surface area contributed by atoms with Crippen molar-refractivity contribution in [3.63, 3.8) is 0 Å². The fourth-order valence-corrected chi connectivity index (χ4v) is 12.4. The third-order valence-corrected chi connectivity index (χ3v) is 17.4. The van der Waals surface area contributed by atoms with Crippen LogP contribution in [0, 0.1) is 11.6 Å². The summed E-state index contributed by atoms with van der Waals surface area (Å²) in [4.78, 5) is 51.7. The van der Waals surface area contributed by atoms with Crippen LogP contribution in [0.1, 0.15) is 37.8 Å². The Kier molecular flexibility index (Phi) is 24.0. The minimum atomic E-state index is -4.33. The van der Waals surface area contributed by atoms with Gasteiger partial charge in [-0.15, -0.1) is 0 Å². The molecule has 0 unspecified atom stereocenters. The molecule has 0 aliphatic rings. The average Bonchev–Trinajstić information content (AvgIpc) is 1.79. The molecule has 0 radical (unpaired) electrons. The summed E-state index contributed by atoms with van der Waals surface area (Å²) in [5, 5.41) is 21.3. The summed E-state index contributed by atoms with van der Waals surface area (Å²) in [5.74, 6) is -3.49. The topological polar surface area (TPSA) is 257 Å². The van der Waals surface area contributed by atoms with E-state index in [1.54, 1.807) is 109 Å². The molecule has 0 heterocycles. The normalized spacial score (nSPS) is 11.7. The van der Waals surface area contributed by atoms with Gasteiger partial charge in [-0.3, -0.25) is 27.8 Å². The zero-order chi connectivity index (χ0) is 60.9. The van der Waals surface area contributed by atoms with E-state index in [-0.39, 0.29) is 71.4 Å². The number of aliphatic carboxylic acids is 2. The molecule has 8 rings (SSSR count). The number of esters is 2. The van der Waals surface area contributed by atoms with Gasteiger partial charge in [0.1, 0.15) is 36.2 Å². The molecule has 2 atom stereocenters. The smallest absolute Gasteiger partial charge is 0.870 e. The standard InChI is InChI=1S/C32H33FN2O7S.C30H29FN2O7S.Li.H2O/c1-22(19-31(36)41-3)34(20-23-9-5-8-12-28(23)33)29-17-18-30(27-11-7-6-10-26(27)29)35(21-32(37)42-4)43(38,39)25-15-13-24(40-2)14-16-25;1-20(17-29(34)35)32(18-21-7-3-6-10-26(21)31)27-15-16-28(25-9-5-4-8-24(25)27)33(19-30(36)37)41(38,39)23-13-11-22(40-2)12-14-23;;/h5-18,22H,19-21H2,1-4H3;3-16,20H,17-19H2,1-2H3,(H,34,35)(H,36,37);;1H2/q;;+1;/p-1/t22-;20-;;/m00../s1. The Bertz CT molecular complexity index is 3900. The van der Waals surface area contributed by atoms with Crippen LogP contribution in [0.2, 0.25) is 0 Å². The molecule has 3 N–H and O–H groups in total. The van der Waals surface area contributed by atoms with E-state index in [0.29, 0.717) is 55.5 Å². The zero-order valence-electron chi connectivity index (χ0n) is 48.2. The van der Waals surface area contributed by atoms with Gasteiger partial charge in [-0.1, -0.05) is 84.9 Å². The summed E-state index contributed by atoms with van der Waals surface area (Å²) < 4.78 is 107. The van der Waals surface area contributed by atoms with Crippen LogP contribution in [0.3, 0.4) is 0 Å². The maximum atomic E-state index is 14.8. The summed E-state index contributed by atoms with van der Waals surface area (Å²) >= 11 is 0. The first kappa shape index (κ1) is 68.1. The molecular weight excluding hydrogens is 1150 g/mol. The number of halogens is 2. The van der Waals surface area contributed by atoms with E-state index in [4.69, 9.17) is 18.9 Å². The van der Waals surface area contributed by atoms with E-state index in [1.165, 1.54) is 95.2 Å². The molecule has 0 fully saturated rings. The second-order valence-electron chi connectivity index (χ2n) is 19.2. The van der Waals surface area contributed by atoms with Gasteiger partial charge in [0.2, 0.25) is 0 Å². The third-order valence-electron chi connectivity index (χ3n) is 13.8. The number of ether oxygens (including phenoxy) is 4. The number of nitrogens with zero attached hydrogens (tertiary/aromatic N) is 4. The number of fused-ring (bicyclic) bond motifs is 2. The number of hydrogen-bond acceptors (Lipinski definition) is 15. The minimum absolute atomic E-state index is 0. The van der Waals surface area contributed by atoms with Crippen molar-refractivity contribution in [3.8, 4) is 11.5 Å². The van der Waals surface area contributed by atoms with Gasteiger partial charge >= 0.3 is 42.7 Å². The number of carbonyl (C=O) groups is 4. The van der Waals surface area contributed by atoms with Crippen molar-refractivity contribution in [1.82, 2.24) is 0 Å². The van der Waals surface area contributed by atoms with E-state index < -0.39 is 80.7 Å². The first-order chi connectivity index (χ1) is 40.1. The van der Waals surface area contributed by atoms with Gasteiger partial charge in [-0.05, 0) is 98.8 Å². The largest absolute Gasteiger partial charge is 1.00 e. The molecule has 0 aliphatic heterocycles. The first-order valence-electron chi connectivity index (χ1n) is 26.1. The van der Waals surface area contributed by atoms with Crippen LogP contribution in [0.25, 0.3) is 21.5 Å². The van der Waals surface area contributed by atoms with Gasteiger partial charge in [0.05, 0.1) is 62.4 Å². The summed E-state index contributed by atoms with van der Waals surface area (Å²) in [5.41, 5.74) is 2.32. The molecule has 8 aromatic rings. The van der Waals surface area contributed by atoms with E-state index >= 15 is 0 Å². The Morgan fingerprint density at radius 2 is 0.791 bits per heavy atom. The van der Waals surface area contributed by atoms with Crippen molar-refractivity contribution in [1.29, 1.82) is 0 Å². The van der Waals surface area contributed by atoms with Gasteiger partial charge in [-0.2, -0.15) is 0 Å².